The van der Waals surface area contributed by atoms with E-state index in [9.17, 15) is 8.78 Å². The van der Waals surface area contributed by atoms with Crippen LogP contribution in [0, 0.1) is 18.6 Å². The van der Waals surface area contributed by atoms with E-state index >= 15 is 0 Å². The molecule has 0 fully saturated rings. The van der Waals surface area contributed by atoms with Crippen LogP contribution >= 0.6 is 0 Å². The molecule has 0 saturated heterocycles. The van der Waals surface area contributed by atoms with Gasteiger partial charge in [0.15, 0.2) is 5.82 Å². The van der Waals surface area contributed by atoms with Gasteiger partial charge >= 0.3 is 0 Å². The van der Waals surface area contributed by atoms with Crippen LogP contribution in [0.1, 0.15) is 11.1 Å². The van der Waals surface area contributed by atoms with Crippen molar-refractivity contribution in [1.29, 1.82) is 0 Å². The Kier molecular flexibility index (Phi) is 3.10. The Labute approximate surface area is 114 Å². The van der Waals surface area contributed by atoms with Gasteiger partial charge in [0.25, 0.3) is 0 Å². The van der Waals surface area contributed by atoms with Crippen molar-refractivity contribution in [2.24, 2.45) is 0 Å². The third kappa shape index (κ3) is 2.11. The van der Waals surface area contributed by atoms with Crippen LogP contribution in [0.3, 0.4) is 0 Å². The average molecular weight is 273 g/mol. The molecule has 0 saturated carbocycles. The molecule has 0 aliphatic carbocycles. The van der Waals surface area contributed by atoms with E-state index in [4.69, 9.17) is 0 Å². The second kappa shape index (κ2) is 4.92. The topological polar surface area (TPSA) is 40.7 Å². The van der Waals surface area contributed by atoms with Crippen LogP contribution in [0.2, 0.25) is 0 Å². The summed E-state index contributed by atoms with van der Waals surface area (Å²) in [6.07, 6.45) is 3.48. The average Bonchev–Trinajstić information content (AvgIpc) is 2.87. The highest BCUT2D eigenvalue weighted by Crippen LogP contribution is 2.23. The number of anilines is 1. The SMILES string of the molecule is Cc1ccc(F)c(NCc2c[nH]c3ncccc23)c1F. The maximum Gasteiger partial charge on any atom is 0.152 e. The summed E-state index contributed by atoms with van der Waals surface area (Å²) in [5, 5.41) is 3.76. The van der Waals surface area contributed by atoms with Gasteiger partial charge in [-0.25, -0.2) is 13.8 Å². The van der Waals surface area contributed by atoms with E-state index in [0.29, 0.717) is 12.1 Å². The molecule has 5 heteroatoms. The molecular weight excluding hydrogens is 260 g/mol. The molecule has 0 atom stereocenters. The number of pyridine rings is 1. The van der Waals surface area contributed by atoms with Crippen molar-refractivity contribution in [2.75, 3.05) is 5.32 Å². The molecule has 102 valence electrons. The molecule has 3 rings (SSSR count). The summed E-state index contributed by atoms with van der Waals surface area (Å²) in [6.45, 7) is 1.93. The summed E-state index contributed by atoms with van der Waals surface area (Å²) in [6, 6.07) is 6.43. The number of aryl methyl sites for hydroxylation is 1. The number of nitrogens with zero attached hydrogens (tertiary/aromatic N) is 1. The van der Waals surface area contributed by atoms with E-state index in [-0.39, 0.29) is 5.69 Å². The van der Waals surface area contributed by atoms with Gasteiger partial charge < -0.3 is 10.3 Å². The minimum Gasteiger partial charge on any atom is -0.376 e. The smallest absolute Gasteiger partial charge is 0.152 e. The van der Waals surface area contributed by atoms with Gasteiger partial charge in [-0.3, -0.25) is 0 Å². The lowest BCUT2D eigenvalue weighted by molar-refractivity contribution is 0.582. The van der Waals surface area contributed by atoms with Crippen molar-refractivity contribution >= 4 is 16.7 Å². The van der Waals surface area contributed by atoms with Gasteiger partial charge in [0.05, 0.1) is 0 Å². The quantitative estimate of drug-likeness (QED) is 0.762. The highest BCUT2D eigenvalue weighted by atomic mass is 19.1. The number of nitrogens with one attached hydrogen (secondary N) is 2. The minimum absolute atomic E-state index is 0.0942. The van der Waals surface area contributed by atoms with Gasteiger partial charge in [0.2, 0.25) is 0 Å². The molecule has 0 amide bonds. The summed E-state index contributed by atoms with van der Waals surface area (Å²) < 4.78 is 27.5. The number of fused-ring (bicyclic) bond motifs is 1. The monoisotopic (exact) mass is 273 g/mol. The highest BCUT2D eigenvalue weighted by Gasteiger charge is 2.12. The zero-order valence-electron chi connectivity index (χ0n) is 10.9. The molecule has 20 heavy (non-hydrogen) atoms. The maximum absolute atomic E-state index is 13.9. The summed E-state index contributed by atoms with van der Waals surface area (Å²) in [4.78, 5) is 7.20. The minimum atomic E-state index is -0.592. The van der Waals surface area contributed by atoms with Crippen LogP contribution < -0.4 is 5.32 Å². The normalized spacial score (nSPS) is 10.9. The summed E-state index contributed by atoms with van der Waals surface area (Å²) in [5.74, 6) is -1.14. The maximum atomic E-state index is 13.9. The first-order valence-corrected chi connectivity index (χ1v) is 6.26. The third-order valence-corrected chi connectivity index (χ3v) is 3.28. The molecule has 3 aromatic rings. The molecule has 0 bridgehead atoms. The number of rotatable bonds is 3. The number of H-pyrrole nitrogens is 1. The van der Waals surface area contributed by atoms with Crippen molar-refractivity contribution in [1.82, 2.24) is 9.97 Å². The van der Waals surface area contributed by atoms with E-state index < -0.39 is 11.6 Å². The van der Waals surface area contributed by atoms with Crippen molar-refractivity contribution in [2.45, 2.75) is 13.5 Å². The van der Waals surface area contributed by atoms with Crippen LogP contribution in [-0.4, -0.2) is 9.97 Å². The van der Waals surface area contributed by atoms with Crippen LogP contribution in [0.4, 0.5) is 14.5 Å². The lowest BCUT2D eigenvalue weighted by Gasteiger charge is -2.09. The fraction of sp³-hybridized carbons (Fsp3) is 0.133. The molecular formula is C15H13F2N3. The van der Waals surface area contributed by atoms with Crippen LogP contribution in [0.25, 0.3) is 11.0 Å². The Morgan fingerprint density at radius 1 is 1.25 bits per heavy atom. The molecule has 0 radical (unpaired) electrons. The number of aromatic nitrogens is 2. The second-order valence-corrected chi connectivity index (χ2v) is 4.62. The number of aromatic amines is 1. The van der Waals surface area contributed by atoms with E-state index in [1.54, 1.807) is 19.3 Å². The van der Waals surface area contributed by atoms with Gasteiger partial charge in [-0.1, -0.05) is 6.07 Å². The Balaban J connectivity index is 1.89. The standard InChI is InChI=1S/C15H13F2N3/c1-9-4-5-12(16)14(13(9)17)19-7-10-8-20-15-11(10)3-2-6-18-15/h2-6,8,19H,7H2,1H3,(H,18,20). The molecule has 0 aliphatic rings. The van der Waals surface area contributed by atoms with Crippen molar-refractivity contribution in [3.05, 3.63) is 59.4 Å². The first-order valence-electron chi connectivity index (χ1n) is 6.26. The number of hydrogen-bond donors (Lipinski definition) is 2. The Morgan fingerprint density at radius 2 is 2.10 bits per heavy atom. The number of hydrogen-bond acceptors (Lipinski definition) is 2. The molecule has 0 spiro atoms. The predicted molar refractivity (Wildman–Crippen MR) is 74.5 cm³/mol. The largest absolute Gasteiger partial charge is 0.376 e. The zero-order chi connectivity index (χ0) is 14.1. The van der Waals surface area contributed by atoms with E-state index in [2.05, 4.69) is 15.3 Å². The van der Waals surface area contributed by atoms with Crippen LogP contribution in [-0.2, 0) is 6.54 Å². The molecule has 0 aliphatic heterocycles. The third-order valence-electron chi connectivity index (χ3n) is 3.28. The van der Waals surface area contributed by atoms with Gasteiger partial charge in [-0.05, 0) is 36.2 Å². The molecule has 1 aromatic carbocycles. The summed E-state index contributed by atoms with van der Waals surface area (Å²) in [7, 11) is 0. The molecule has 3 nitrogen and oxygen atoms in total. The molecule has 2 heterocycles. The fourth-order valence-electron chi connectivity index (χ4n) is 2.16. The molecule has 2 N–H and O–H groups in total. The second-order valence-electron chi connectivity index (χ2n) is 4.62. The number of halogens is 2. The zero-order valence-corrected chi connectivity index (χ0v) is 10.9. The van der Waals surface area contributed by atoms with Crippen LogP contribution in [0.5, 0.6) is 0 Å². The summed E-state index contributed by atoms with van der Waals surface area (Å²) >= 11 is 0. The van der Waals surface area contributed by atoms with Crippen molar-refractivity contribution in [3.63, 3.8) is 0 Å². The molecule has 0 unspecified atom stereocenters. The lowest BCUT2D eigenvalue weighted by atomic mass is 10.1. The van der Waals surface area contributed by atoms with E-state index in [1.807, 2.05) is 12.1 Å². The van der Waals surface area contributed by atoms with Gasteiger partial charge in [0.1, 0.15) is 17.2 Å². The van der Waals surface area contributed by atoms with E-state index in [0.717, 1.165) is 16.6 Å². The van der Waals surface area contributed by atoms with Crippen LogP contribution in [0.15, 0.2) is 36.7 Å². The summed E-state index contributed by atoms with van der Waals surface area (Å²) in [5.41, 5.74) is 1.99. The first kappa shape index (κ1) is 12.6. The van der Waals surface area contributed by atoms with Gasteiger partial charge in [-0.15, -0.1) is 0 Å². The lowest BCUT2D eigenvalue weighted by Crippen LogP contribution is -2.04. The van der Waals surface area contributed by atoms with Crippen molar-refractivity contribution < 1.29 is 8.78 Å². The van der Waals surface area contributed by atoms with E-state index in [1.165, 1.54) is 12.1 Å². The van der Waals surface area contributed by atoms with Gasteiger partial charge in [0, 0.05) is 24.3 Å². The Hall–Kier alpha value is -2.43. The van der Waals surface area contributed by atoms with Gasteiger partial charge in [-0.2, -0.15) is 0 Å². The fourth-order valence-corrected chi connectivity index (χ4v) is 2.16. The Morgan fingerprint density at radius 3 is 2.95 bits per heavy atom. The number of benzene rings is 1. The molecule has 2 aromatic heterocycles. The highest BCUT2D eigenvalue weighted by molar-refractivity contribution is 5.79. The first-order chi connectivity index (χ1) is 9.66. The van der Waals surface area contributed by atoms with Crippen molar-refractivity contribution in [3.8, 4) is 0 Å². The Bertz CT molecular complexity index is 765. The predicted octanol–water partition coefficient (Wildman–Crippen LogP) is 3.76.